The Labute approximate surface area is 124 Å². The molecule has 2 rings (SSSR count). The molecule has 0 aromatic heterocycles. The first kappa shape index (κ1) is 15.7. The molecule has 0 spiro atoms. The normalized spacial score (nSPS) is 16.9. The van der Waals surface area contributed by atoms with Gasteiger partial charge in [-0.2, -0.15) is 0 Å². The molecule has 5 nitrogen and oxygen atoms in total. The van der Waals surface area contributed by atoms with Crippen LogP contribution in [0.3, 0.4) is 0 Å². The average Bonchev–Trinajstić information content (AvgIpc) is 2.45. The lowest BCUT2D eigenvalue weighted by Gasteiger charge is -2.31. The second-order valence-electron chi connectivity index (χ2n) is 5.22. The van der Waals surface area contributed by atoms with Crippen LogP contribution < -0.4 is 11.1 Å². The van der Waals surface area contributed by atoms with E-state index >= 15 is 0 Å². The molecule has 21 heavy (non-hydrogen) atoms. The van der Waals surface area contributed by atoms with Crippen LogP contribution in [0, 0.1) is 5.82 Å². The molecule has 0 aliphatic carbocycles. The van der Waals surface area contributed by atoms with Crippen LogP contribution in [-0.4, -0.2) is 43.2 Å². The summed E-state index contributed by atoms with van der Waals surface area (Å²) in [5, 5.41) is 2.57. The number of carbonyl (C=O) groups is 1. The predicted molar refractivity (Wildman–Crippen MR) is 80.5 cm³/mol. The Morgan fingerprint density at radius 3 is 2.86 bits per heavy atom. The molecule has 1 heterocycles. The minimum absolute atomic E-state index is 0.129. The highest BCUT2D eigenvalue weighted by Gasteiger charge is 2.21. The van der Waals surface area contributed by atoms with Gasteiger partial charge in [-0.25, -0.2) is 4.39 Å². The van der Waals surface area contributed by atoms with Gasteiger partial charge in [0.1, 0.15) is 5.82 Å². The van der Waals surface area contributed by atoms with Crippen molar-refractivity contribution in [3.63, 3.8) is 0 Å². The maximum atomic E-state index is 13.5. The van der Waals surface area contributed by atoms with Gasteiger partial charge in [0.2, 0.25) is 5.91 Å². The first-order valence-corrected chi connectivity index (χ1v) is 7.27. The molecule has 1 aliphatic heterocycles. The summed E-state index contributed by atoms with van der Waals surface area (Å²) >= 11 is 0. The molecule has 1 fully saturated rings. The first-order valence-electron chi connectivity index (χ1n) is 7.27. The monoisotopic (exact) mass is 295 g/mol. The molecule has 0 bridgehead atoms. The van der Waals surface area contributed by atoms with Crippen LogP contribution >= 0.6 is 0 Å². The van der Waals surface area contributed by atoms with Gasteiger partial charge in [0, 0.05) is 25.4 Å². The molecule has 1 aliphatic rings. The van der Waals surface area contributed by atoms with Gasteiger partial charge in [-0.3, -0.25) is 9.69 Å². The van der Waals surface area contributed by atoms with E-state index in [2.05, 4.69) is 10.2 Å². The van der Waals surface area contributed by atoms with Crippen LogP contribution in [0.1, 0.15) is 19.8 Å². The fourth-order valence-corrected chi connectivity index (χ4v) is 2.50. The van der Waals surface area contributed by atoms with E-state index in [4.69, 9.17) is 10.5 Å². The van der Waals surface area contributed by atoms with E-state index < -0.39 is 5.82 Å². The summed E-state index contributed by atoms with van der Waals surface area (Å²) < 4.78 is 19.1. The molecule has 0 saturated carbocycles. The van der Waals surface area contributed by atoms with Crippen molar-refractivity contribution in [2.45, 2.75) is 25.9 Å². The average molecular weight is 295 g/mol. The molecular formula is C15H22FN3O2. The zero-order valence-corrected chi connectivity index (χ0v) is 12.3. The third-order valence-electron chi connectivity index (χ3n) is 3.57. The predicted octanol–water partition coefficient (Wildman–Crippen LogP) is 1.85. The van der Waals surface area contributed by atoms with Gasteiger partial charge in [0.25, 0.3) is 0 Å². The maximum Gasteiger partial charge on any atom is 0.238 e. The molecule has 3 N–H and O–H groups in total. The molecule has 6 heteroatoms. The Hall–Kier alpha value is -1.66. The van der Waals surface area contributed by atoms with Gasteiger partial charge in [0.05, 0.1) is 18.3 Å². The molecule has 1 aromatic rings. The van der Waals surface area contributed by atoms with Gasteiger partial charge in [-0.05, 0) is 38.0 Å². The number of nitrogens with zero attached hydrogens (tertiary/aromatic N) is 1. The standard InChI is InChI=1S/C15H22FN3O2/c1-2-21-12-5-7-19(8-6-12)10-15(20)18-14-9-11(17)3-4-13(14)16/h3-4,9,12H,2,5-8,10,17H2,1H3,(H,18,20). The van der Waals surface area contributed by atoms with Gasteiger partial charge < -0.3 is 15.8 Å². The number of likely N-dealkylation sites (tertiary alicyclic amines) is 1. The van der Waals surface area contributed by atoms with E-state index in [9.17, 15) is 9.18 Å². The lowest BCUT2D eigenvalue weighted by Crippen LogP contribution is -2.41. The van der Waals surface area contributed by atoms with Crippen LogP contribution in [0.25, 0.3) is 0 Å². The molecule has 0 unspecified atom stereocenters. The van der Waals surface area contributed by atoms with E-state index in [1.54, 1.807) is 0 Å². The van der Waals surface area contributed by atoms with Crippen molar-refractivity contribution in [3.8, 4) is 0 Å². The van der Waals surface area contributed by atoms with E-state index in [0.29, 0.717) is 11.8 Å². The Morgan fingerprint density at radius 2 is 2.19 bits per heavy atom. The molecule has 1 saturated heterocycles. The molecule has 0 atom stereocenters. The Morgan fingerprint density at radius 1 is 1.48 bits per heavy atom. The number of nitrogens with one attached hydrogen (secondary N) is 1. The SMILES string of the molecule is CCOC1CCN(CC(=O)Nc2cc(N)ccc2F)CC1. The zero-order valence-electron chi connectivity index (χ0n) is 12.3. The Balaban J connectivity index is 1.81. The number of nitrogens with two attached hydrogens (primary N) is 1. The van der Waals surface area contributed by atoms with Gasteiger partial charge >= 0.3 is 0 Å². The third kappa shape index (κ3) is 4.68. The largest absolute Gasteiger partial charge is 0.399 e. The Kier molecular flexibility index (Phi) is 5.52. The van der Waals surface area contributed by atoms with E-state index in [1.165, 1.54) is 18.2 Å². The minimum atomic E-state index is -0.479. The molecule has 1 amide bonds. The summed E-state index contributed by atoms with van der Waals surface area (Å²) in [6, 6.07) is 4.14. The van der Waals surface area contributed by atoms with Crippen LogP contribution in [-0.2, 0) is 9.53 Å². The number of carbonyl (C=O) groups excluding carboxylic acids is 1. The van der Waals surface area contributed by atoms with Gasteiger partial charge in [-0.1, -0.05) is 0 Å². The highest BCUT2D eigenvalue weighted by Crippen LogP contribution is 2.18. The number of ether oxygens (including phenoxy) is 1. The molecule has 0 radical (unpaired) electrons. The van der Waals surface area contributed by atoms with Gasteiger partial charge in [-0.15, -0.1) is 0 Å². The third-order valence-corrected chi connectivity index (χ3v) is 3.57. The summed E-state index contributed by atoms with van der Waals surface area (Å²) in [6.07, 6.45) is 2.14. The van der Waals surface area contributed by atoms with Crippen molar-refractivity contribution >= 4 is 17.3 Å². The van der Waals surface area contributed by atoms with E-state index in [1.807, 2.05) is 6.92 Å². The fourth-order valence-electron chi connectivity index (χ4n) is 2.50. The van der Waals surface area contributed by atoms with Crippen molar-refractivity contribution in [1.29, 1.82) is 0 Å². The highest BCUT2D eigenvalue weighted by atomic mass is 19.1. The maximum absolute atomic E-state index is 13.5. The van der Waals surface area contributed by atoms with Crippen molar-refractivity contribution in [2.75, 3.05) is 37.3 Å². The van der Waals surface area contributed by atoms with Crippen LogP contribution in [0.5, 0.6) is 0 Å². The van der Waals surface area contributed by atoms with Crippen LogP contribution in [0.15, 0.2) is 18.2 Å². The number of benzene rings is 1. The van der Waals surface area contributed by atoms with Crippen LogP contribution in [0.4, 0.5) is 15.8 Å². The second kappa shape index (κ2) is 7.38. The lowest BCUT2D eigenvalue weighted by molar-refractivity contribution is -0.118. The minimum Gasteiger partial charge on any atom is -0.399 e. The van der Waals surface area contributed by atoms with Gasteiger partial charge in [0.15, 0.2) is 0 Å². The smallest absolute Gasteiger partial charge is 0.238 e. The van der Waals surface area contributed by atoms with E-state index in [-0.39, 0.29) is 18.1 Å². The van der Waals surface area contributed by atoms with Crippen LogP contribution in [0.2, 0.25) is 0 Å². The summed E-state index contributed by atoms with van der Waals surface area (Å²) in [6.45, 7) is 4.60. The summed E-state index contributed by atoms with van der Waals surface area (Å²) in [7, 11) is 0. The number of hydrogen-bond donors (Lipinski definition) is 2. The quantitative estimate of drug-likeness (QED) is 0.814. The van der Waals surface area contributed by atoms with Crippen molar-refractivity contribution < 1.29 is 13.9 Å². The fraction of sp³-hybridized carbons (Fsp3) is 0.533. The Bertz CT molecular complexity index is 488. The number of hydrogen-bond acceptors (Lipinski definition) is 4. The molecule has 1 aromatic carbocycles. The number of piperidine rings is 1. The topological polar surface area (TPSA) is 67.6 Å². The highest BCUT2D eigenvalue weighted by molar-refractivity contribution is 5.92. The number of halogens is 1. The number of rotatable bonds is 5. The molecule has 116 valence electrons. The lowest BCUT2D eigenvalue weighted by atomic mass is 10.1. The van der Waals surface area contributed by atoms with Crippen molar-refractivity contribution in [1.82, 2.24) is 4.90 Å². The summed E-state index contributed by atoms with van der Waals surface area (Å²) in [5.74, 6) is -0.707. The molecular weight excluding hydrogens is 273 g/mol. The second-order valence-corrected chi connectivity index (χ2v) is 5.22. The summed E-state index contributed by atoms with van der Waals surface area (Å²) in [5.41, 5.74) is 6.14. The summed E-state index contributed by atoms with van der Waals surface area (Å²) in [4.78, 5) is 14.0. The van der Waals surface area contributed by atoms with E-state index in [0.717, 1.165) is 32.5 Å². The number of amides is 1. The van der Waals surface area contributed by atoms with Crippen molar-refractivity contribution in [3.05, 3.63) is 24.0 Å². The zero-order chi connectivity index (χ0) is 15.2. The number of anilines is 2. The number of nitrogen functional groups attached to an aromatic ring is 1. The van der Waals surface area contributed by atoms with Crippen molar-refractivity contribution in [2.24, 2.45) is 0 Å². The first-order chi connectivity index (χ1) is 10.1.